The monoisotopic (exact) mass is 350 g/mol. The van der Waals surface area contributed by atoms with Crippen molar-refractivity contribution < 1.29 is 14.3 Å². The first-order valence-electron chi connectivity index (χ1n) is 8.49. The molecule has 0 radical (unpaired) electrons. The molecule has 0 aromatic heterocycles. The van der Waals surface area contributed by atoms with Gasteiger partial charge in [-0.3, -0.25) is 14.5 Å². The highest BCUT2D eigenvalue weighted by Gasteiger charge is 2.37. The standard InChI is InChI=1S/C21H22N2O3/c1-5-11-26-17-9-7-16(8-10-17)12-18-15(4)19(13-22)21(25)23(20(18)24)14(3)6-2/h5,7-10,12,14H,1,6,11H2,2-4H3/b18-12+. The molecule has 0 fully saturated rings. The van der Waals surface area contributed by atoms with E-state index in [0.29, 0.717) is 29.9 Å². The van der Waals surface area contributed by atoms with Crippen molar-refractivity contribution in [1.29, 1.82) is 5.26 Å². The summed E-state index contributed by atoms with van der Waals surface area (Å²) in [6, 6.07) is 8.91. The zero-order chi connectivity index (χ0) is 19.3. The van der Waals surface area contributed by atoms with Crippen LogP contribution in [0.5, 0.6) is 5.75 Å². The van der Waals surface area contributed by atoms with Crippen LogP contribution < -0.4 is 4.74 Å². The fourth-order valence-corrected chi connectivity index (χ4v) is 2.66. The van der Waals surface area contributed by atoms with Crippen LogP contribution in [0.2, 0.25) is 0 Å². The Morgan fingerprint density at radius 2 is 1.92 bits per heavy atom. The quantitative estimate of drug-likeness (QED) is 0.446. The smallest absolute Gasteiger partial charge is 0.271 e. The number of ether oxygens (including phenoxy) is 1. The molecule has 0 aliphatic carbocycles. The zero-order valence-corrected chi connectivity index (χ0v) is 15.3. The van der Waals surface area contributed by atoms with Gasteiger partial charge in [0, 0.05) is 11.6 Å². The molecule has 134 valence electrons. The SMILES string of the molecule is C=CCOc1ccc(/C=C2/C(=O)N(C(C)CC)C(=O)C(C#N)=C2C)cc1. The average Bonchev–Trinajstić information content (AvgIpc) is 2.64. The highest BCUT2D eigenvalue weighted by molar-refractivity contribution is 6.19. The molecule has 5 heteroatoms. The van der Waals surface area contributed by atoms with Gasteiger partial charge in [0.15, 0.2) is 0 Å². The van der Waals surface area contributed by atoms with E-state index in [0.717, 1.165) is 5.56 Å². The van der Waals surface area contributed by atoms with Crippen LogP contribution >= 0.6 is 0 Å². The Morgan fingerprint density at radius 3 is 2.46 bits per heavy atom. The topological polar surface area (TPSA) is 70.4 Å². The Labute approximate surface area is 153 Å². The van der Waals surface area contributed by atoms with E-state index in [1.54, 1.807) is 38.1 Å². The number of benzene rings is 1. The lowest BCUT2D eigenvalue weighted by molar-refractivity contribution is -0.142. The van der Waals surface area contributed by atoms with Crippen LogP contribution in [-0.2, 0) is 9.59 Å². The Bertz CT molecular complexity index is 826. The predicted octanol–water partition coefficient (Wildman–Crippen LogP) is 3.64. The summed E-state index contributed by atoms with van der Waals surface area (Å²) in [6.07, 6.45) is 3.99. The molecule has 26 heavy (non-hydrogen) atoms. The van der Waals surface area contributed by atoms with Gasteiger partial charge in [0.1, 0.15) is 24.0 Å². The van der Waals surface area contributed by atoms with Crippen molar-refractivity contribution in [1.82, 2.24) is 4.90 Å². The first-order valence-corrected chi connectivity index (χ1v) is 8.49. The van der Waals surface area contributed by atoms with E-state index in [2.05, 4.69) is 6.58 Å². The summed E-state index contributed by atoms with van der Waals surface area (Å²) in [5, 5.41) is 9.37. The summed E-state index contributed by atoms with van der Waals surface area (Å²) >= 11 is 0. The second kappa shape index (κ2) is 8.30. The molecular weight excluding hydrogens is 328 g/mol. The lowest BCUT2D eigenvalue weighted by atomic mass is 9.92. The fraction of sp³-hybridized carbons (Fsp3) is 0.286. The third kappa shape index (κ3) is 3.75. The van der Waals surface area contributed by atoms with E-state index in [4.69, 9.17) is 4.74 Å². The molecule has 0 spiro atoms. The van der Waals surface area contributed by atoms with E-state index in [1.807, 2.05) is 25.1 Å². The fourth-order valence-electron chi connectivity index (χ4n) is 2.66. The van der Waals surface area contributed by atoms with Gasteiger partial charge in [0.2, 0.25) is 0 Å². The summed E-state index contributed by atoms with van der Waals surface area (Å²) in [4.78, 5) is 26.6. The first-order chi connectivity index (χ1) is 12.4. The van der Waals surface area contributed by atoms with E-state index in [9.17, 15) is 14.9 Å². The number of carbonyl (C=O) groups excluding carboxylic acids is 2. The molecule has 2 rings (SSSR count). The van der Waals surface area contributed by atoms with Crippen LogP contribution in [0.1, 0.15) is 32.8 Å². The second-order valence-corrected chi connectivity index (χ2v) is 6.08. The van der Waals surface area contributed by atoms with Crippen LogP contribution in [0.25, 0.3) is 6.08 Å². The number of rotatable bonds is 6. The van der Waals surface area contributed by atoms with E-state index in [1.165, 1.54) is 4.90 Å². The normalized spacial score (nSPS) is 17.3. The van der Waals surface area contributed by atoms with Gasteiger partial charge in [0.25, 0.3) is 11.8 Å². The Hall–Kier alpha value is -3.13. The van der Waals surface area contributed by atoms with Crippen LogP contribution in [0.3, 0.4) is 0 Å². The van der Waals surface area contributed by atoms with Gasteiger partial charge in [-0.1, -0.05) is 31.7 Å². The van der Waals surface area contributed by atoms with Crippen molar-refractivity contribution in [3.8, 4) is 11.8 Å². The highest BCUT2D eigenvalue weighted by Crippen LogP contribution is 2.29. The van der Waals surface area contributed by atoms with E-state index >= 15 is 0 Å². The minimum atomic E-state index is -0.519. The average molecular weight is 350 g/mol. The number of amides is 2. The van der Waals surface area contributed by atoms with Crippen molar-refractivity contribution >= 4 is 17.9 Å². The maximum atomic E-state index is 12.9. The molecule has 1 heterocycles. The summed E-state index contributed by atoms with van der Waals surface area (Å²) < 4.78 is 5.44. The van der Waals surface area contributed by atoms with E-state index in [-0.39, 0.29) is 17.5 Å². The molecule has 0 saturated carbocycles. The minimum Gasteiger partial charge on any atom is -0.490 e. The van der Waals surface area contributed by atoms with Crippen LogP contribution in [-0.4, -0.2) is 29.4 Å². The molecule has 1 atom stereocenters. The number of nitrogens with zero attached hydrogens (tertiary/aromatic N) is 2. The second-order valence-electron chi connectivity index (χ2n) is 6.08. The summed E-state index contributed by atoms with van der Waals surface area (Å²) in [5.74, 6) is -0.189. The van der Waals surface area contributed by atoms with Gasteiger partial charge in [0.05, 0.1) is 0 Å². The third-order valence-corrected chi connectivity index (χ3v) is 4.36. The van der Waals surface area contributed by atoms with Gasteiger partial charge >= 0.3 is 0 Å². The van der Waals surface area contributed by atoms with Gasteiger partial charge in [-0.25, -0.2) is 0 Å². The van der Waals surface area contributed by atoms with Crippen LogP contribution in [0.4, 0.5) is 0 Å². The minimum absolute atomic E-state index is 0.0158. The number of nitriles is 1. The summed E-state index contributed by atoms with van der Waals surface area (Å²) in [7, 11) is 0. The number of imide groups is 1. The number of carbonyl (C=O) groups is 2. The molecule has 1 unspecified atom stereocenters. The van der Waals surface area contributed by atoms with Crippen LogP contribution in [0, 0.1) is 11.3 Å². The molecule has 1 aliphatic rings. The first kappa shape index (κ1) is 19.2. The van der Waals surface area contributed by atoms with Gasteiger partial charge < -0.3 is 4.74 Å². The van der Waals surface area contributed by atoms with Crippen molar-refractivity contribution in [3.05, 3.63) is 59.2 Å². The Morgan fingerprint density at radius 1 is 1.27 bits per heavy atom. The largest absolute Gasteiger partial charge is 0.490 e. The van der Waals surface area contributed by atoms with Crippen LogP contribution in [0.15, 0.2) is 53.6 Å². The predicted molar refractivity (Wildman–Crippen MR) is 100 cm³/mol. The lowest BCUT2D eigenvalue weighted by Crippen LogP contribution is -2.47. The molecule has 5 nitrogen and oxygen atoms in total. The van der Waals surface area contributed by atoms with Crippen molar-refractivity contribution in [2.45, 2.75) is 33.2 Å². The van der Waals surface area contributed by atoms with Gasteiger partial charge in [-0.05, 0) is 49.6 Å². The Balaban J connectivity index is 2.45. The maximum Gasteiger partial charge on any atom is 0.271 e. The van der Waals surface area contributed by atoms with Crippen molar-refractivity contribution in [2.24, 2.45) is 0 Å². The summed E-state index contributed by atoms with van der Waals surface area (Å²) in [6.45, 7) is 9.35. The van der Waals surface area contributed by atoms with Gasteiger partial charge in [-0.15, -0.1) is 0 Å². The van der Waals surface area contributed by atoms with Gasteiger partial charge in [-0.2, -0.15) is 5.26 Å². The molecule has 1 aliphatic heterocycles. The molecule has 0 N–H and O–H groups in total. The molecule has 0 bridgehead atoms. The molecule has 1 aromatic rings. The highest BCUT2D eigenvalue weighted by atomic mass is 16.5. The number of hydrogen-bond donors (Lipinski definition) is 0. The molecule has 1 aromatic carbocycles. The lowest BCUT2D eigenvalue weighted by Gasteiger charge is -2.31. The summed E-state index contributed by atoms with van der Waals surface area (Å²) in [5.41, 5.74) is 1.58. The van der Waals surface area contributed by atoms with E-state index < -0.39 is 5.91 Å². The third-order valence-electron chi connectivity index (χ3n) is 4.36. The maximum absolute atomic E-state index is 12.9. The molecular formula is C21H22N2O3. The Kier molecular flexibility index (Phi) is 6.13. The van der Waals surface area contributed by atoms with Crippen molar-refractivity contribution in [3.63, 3.8) is 0 Å². The van der Waals surface area contributed by atoms with Crippen molar-refractivity contribution in [2.75, 3.05) is 6.61 Å². The molecule has 2 amide bonds. The number of hydrogen-bond acceptors (Lipinski definition) is 4. The molecule has 0 saturated heterocycles. The zero-order valence-electron chi connectivity index (χ0n) is 15.3.